The predicted octanol–water partition coefficient (Wildman–Crippen LogP) is 4.32. The van der Waals surface area contributed by atoms with Crippen molar-refractivity contribution in [2.75, 3.05) is 17.8 Å². The van der Waals surface area contributed by atoms with Crippen LogP contribution < -0.4 is 5.32 Å². The number of aromatic nitrogens is 1. The van der Waals surface area contributed by atoms with Crippen molar-refractivity contribution in [1.82, 2.24) is 4.98 Å². The molecule has 0 saturated heterocycles. The first kappa shape index (κ1) is 36.8. The van der Waals surface area contributed by atoms with Crippen molar-refractivity contribution < 1.29 is 40.6 Å². The normalized spacial score (nSPS) is 18.5. The van der Waals surface area contributed by atoms with Gasteiger partial charge < -0.3 is 0 Å². The van der Waals surface area contributed by atoms with Crippen LogP contribution in [-0.2, 0) is 36.2 Å². The van der Waals surface area contributed by atoms with E-state index in [1.807, 2.05) is 61.5 Å². The Bertz CT molecular complexity index is 1730. The summed E-state index contributed by atoms with van der Waals surface area (Å²) in [5.41, 5.74) is 3.35. The quantitative estimate of drug-likeness (QED) is 0.157. The molecule has 14 heteroatoms. The Labute approximate surface area is 266 Å². The third-order valence-electron chi connectivity index (χ3n) is 6.39. The van der Waals surface area contributed by atoms with E-state index in [9.17, 15) is 31.5 Å². The van der Waals surface area contributed by atoms with Crippen LogP contribution in [0, 0.1) is 11.3 Å². The molecule has 4 N–H and O–H groups in total. The van der Waals surface area contributed by atoms with Crippen LogP contribution in [-0.4, -0.2) is 77.3 Å². The molecule has 1 aromatic heterocycles. The SMILES string of the molecule is CC1=CC(C)(Cc2ccccc2C(C[As])C(=O)Nc2ccc3cnccc3c2)C=CC1C(=O)O.CS(=O)(=O)O.CS(=O)(=O)O. The second-order valence-electron chi connectivity index (χ2n) is 10.6. The predicted molar refractivity (Wildman–Crippen MR) is 171 cm³/mol. The van der Waals surface area contributed by atoms with Crippen molar-refractivity contribution in [3.8, 4) is 0 Å². The van der Waals surface area contributed by atoms with Crippen LogP contribution >= 0.6 is 0 Å². The minimum absolute atomic E-state index is 0.0523. The topological polar surface area (TPSA) is 188 Å². The number of pyridine rings is 1. The van der Waals surface area contributed by atoms with E-state index >= 15 is 0 Å². The first-order chi connectivity index (χ1) is 20.3. The second-order valence-corrected chi connectivity index (χ2v) is 14.3. The Morgan fingerprint density at radius 2 is 1.64 bits per heavy atom. The van der Waals surface area contributed by atoms with Gasteiger partial charge in [-0.1, -0.05) is 0 Å². The van der Waals surface area contributed by atoms with Gasteiger partial charge in [-0.25, -0.2) is 0 Å². The minimum Gasteiger partial charge on any atom is -0.286 e. The molecule has 0 fully saturated rings. The molecular formula is C30H35AsN2O9S2. The van der Waals surface area contributed by atoms with Crippen molar-refractivity contribution in [2.24, 2.45) is 11.3 Å². The number of hydrogen-bond donors (Lipinski definition) is 4. The van der Waals surface area contributed by atoms with E-state index in [2.05, 4.69) is 40.1 Å². The third kappa shape index (κ3) is 12.7. The zero-order valence-corrected chi connectivity index (χ0v) is 28.1. The molecule has 2 aromatic carbocycles. The number of aliphatic carboxylic acids is 1. The van der Waals surface area contributed by atoms with E-state index in [0.717, 1.165) is 33.2 Å². The van der Waals surface area contributed by atoms with Crippen LogP contribution in [0.2, 0.25) is 5.21 Å². The molecule has 1 amide bonds. The molecule has 4 rings (SSSR count). The summed E-state index contributed by atoms with van der Waals surface area (Å²) in [7, 11) is -7.33. The zero-order valence-electron chi connectivity index (χ0n) is 24.6. The van der Waals surface area contributed by atoms with E-state index < -0.39 is 32.1 Å². The van der Waals surface area contributed by atoms with E-state index in [-0.39, 0.29) is 17.2 Å². The maximum Gasteiger partial charge on any atom is 0.261 e. The minimum atomic E-state index is -3.67. The molecule has 11 nitrogen and oxygen atoms in total. The van der Waals surface area contributed by atoms with Gasteiger partial charge in [-0.2, -0.15) is 16.8 Å². The third-order valence-corrected chi connectivity index (χ3v) is 7.16. The van der Waals surface area contributed by atoms with Gasteiger partial charge in [0, 0.05) is 0 Å². The number of amides is 1. The van der Waals surface area contributed by atoms with Crippen LogP contribution in [0.4, 0.5) is 5.69 Å². The maximum absolute atomic E-state index is 13.3. The molecule has 236 valence electrons. The summed E-state index contributed by atoms with van der Waals surface area (Å²) in [5, 5.41) is 15.2. The van der Waals surface area contributed by atoms with Gasteiger partial charge in [-0.3, -0.25) is 9.11 Å². The van der Waals surface area contributed by atoms with Crippen molar-refractivity contribution in [3.05, 3.63) is 95.9 Å². The van der Waals surface area contributed by atoms with Crippen molar-refractivity contribution in [3.63, 3.8) is 0 Å². The fraction of sp³-hybridized carbons (Fsp3) is 0.300. The van der Waals surface area contributed by atoms with Gasteiger partial charge in [0.2, 0.25) is 0 Å². The zero-order chi connectivity index (χ0) is 33.3. The van der Waals surface area contributed by atoms with Gasteiger partial charge in [0.25, 0.3) is 20.2 Å². The number of carboxylic acids is 1. The van der Waals surface area contributed by atoms with E-state index in [1.54, 1.807) is 18.5 Å². The number of benzene rings is 2. The fourth-order valence-corrected chi connectivity index (χ4v) is 5.43. The van der Waals surface area contributed by atoms with Gasteiger partial charge in [0.05, 0.1) is 12.5 Å². The number of carbonyl (C=O) groups excluding carboxylic acids is 1. The van der Waals surface area contributed by atoms with Gasteiger partial charge >= 0.3 is 209 Å². The number of rotatable bonds is 7. The summed E-state index contributed by atoms with van der Waals surface area (Å²) in [4.78, 5) is 29.0. The van der Waals surface area contributed by atoms with E-state index in [4.69, 9.17) is 9.11 Å². The second kappa shape index (κ2) is 15.6. The maximum atomic E-state index is 13.3. The van der Waals surface area contributed by atoms with Crippen LogP contribution in [0.15, 0.2) is 84.7 Å². The van der Waals surface area contributed by atoms with E-state index in [0.29, 0.717) is 24.1 Å². The Morgan fingerprint density at radius 3 is 2.20 bits per heavy atom. The molecule has 1 aliphatic rings. The van der Waals surface area contributed by atoms with Crippen LogP contribution in [0.5, 0.6) is 0 Å². The summed E-state index contributed by atoms with van der Waals surface area (Å²) in [5.74, 6) is -1.79. The van der Waals surface area contributed by atoms with Gasteiger partial charge in [-0.15, -0.1) is 0 Å². The Hall–Kier alpha value is -3.35. The summed E-state index contributed by atoms with van der Waals surface area (Å²) < 4.78 is 51.7. The summed E-state index contributed by atoms with van der Waals surface area (Å²) in [6.07, 6.45) is 11.5. The van der Waals surface area contributed by atoms with Crippen LogP contribution in [0.25, 0.3) is 10.8 Å². The molecule has 1 heterocycles. The molecule has 0 spiro atoms. The van der Waals surface area contributed by atoms with Crippen LogP contribution in [0.1, 0.15) is 30.9 Å². The fourth-order valence-electron chi connectivity index (χ4n) is 4.67. The molecule has 1 aliphatic carbocycles. The average Bonchev–Trinajstić information content (AvgIpc) is 2.88. The number of allylic oxidation sites excluding steroid dienone is 2. The number of hydrogen-bond acceptors (Lipinski definition) is 7. The summed E-state index contributed by atoms with van der Waals surface area (Å²) in [6, 6.07) is 15.8. The molecular weight excluding hydrogens is 671 g/mol. The largest absolute Gasteiger partial charge is 0.286 e. The van der Waals surface area contributed by atoms with Crippen LogP contribution in [0.3, 0.4) is 0 Å². The first-order valence-electron chi connectivity index (χ1n) is 13.1. The number of fused-ring (bicyclic) bond motifs is 1. The summed E-state index contributed by atoms with van der Waals surface area (Å²) in [6.45, 7) is 3.97. The van der Waals surface area contributed by atoms with Crippen molar-refractivity contribution in [2.45, 2.75) is 31.4 Å². The molecule has 0 saturated carbocycles. The molecule has 2 radical (unpaired) electrons. The molecule has 0 bridgehead atoms. The Balaban J connectivity index is 0.000000586. The van der Waals surface area contributed by atoms with Crippen molar-refractivity contribution in [1.29, 1.82) is 0 Å². The number of carbonyl (C=O) groups is 2. The Kier molecular flexibility index (Phi) is 13.0. The van der Waals surface area contributed by atoms with E-state index in [1.165, 1.54) is 0 Å². The van der Waals surface area contributed by atoms with Gasteiger partial charge in [0.15, 0.2) is 0 Å². The van der Waals surface area contributed by atoms with Gasteiger partial charge in [0.1, 0.15) is 0 Å². The molecule has 44 heavy (non-hydrogen) atoms. The van der Waals surface area contributed by atoms with Crippen molar-refractivity contribution >= 4 is 65.4 Å². The molecule has 3 atom stereocenters. The Morgan fingerprint density at radius 1 is 1.02 bits per heavy atom. The monoisotopic (exact) mass is 706 g/mol. The number of nitrogens with zero attached hydrogens (tertiary/aromatic N) is 1. The smallest absolute Gasteiger partial charge is 0.261 e. The molecule has 3 unspecified atom stereocenters. The number of carboxylic acid groups (broad SMARTS) is 1. The summed E-state index contributed by atoms with van der Waals surface area (Å²) >= 11 is 2.53. The molecule has 3 aromatic rings. The standard InChI is InChI=1S/C28H27AsN2O3.2CH4O3S/c1-18-14-28(2,11-9-23(18)27(33)34)15-20-5-3-4-6-24(20)25(16-29)26(32)31-22-8-7-21-17-30-12-10-19(21)13-22;2*1-5(2,3)4/h3-14,17,23,25H,15-16H2,1-2H3,(H,31,32)(H,33,34);2*1H3,(H,2,3,4). The number of anilines is 1. The first-order valence-corrected chi connectivity index (χ1v) is 18.1. The molecule has 0 aliphatic heterocycles. The average molecular weight is 707 g/mol. The van der Waals surface area contributed by atoms with Gasteiger partial charge in [-0.05, 0) is 0 Å². The number of nitrogens with one attached hydrogen (secondary N) is 1.